The Bertz CT molecular complexity index is 2410. The first-order chi connectivity index (χ1) is 21.3. The first kappa shape index (κ1) is 23.4. The number of aromatic nitrogens is 2. The molecule has 0 atom stereocenters. The van der Waals surface area contributed by atoms with Crippen molar-refractivity contribution in [2.75, 3.05) is 0 Å². The van der Waals surface area contributed by atoms with Crippen LogP contribution in [0.1, 0.15) is 22.3 Å². The Labute approximate surface area is 253 Å². The molecule has 2 nitrogen and oxygen atoms in total. The quantitative estimate of drug-likeness (QED) is 0.197. The molecule has 3 heterocycles. The minimum Gasteiger partial charge on any atom is -0.294 e. The molecule has 6 aromatic carbocycles. The Morgan fingerprint density at radius 3 is 1.95 bits per heavy atom. The molecule has 10 rings (SSSR count). The summed E-state index contributed by atoms with van der Waals surface area (Å²) >= 11 is 1.89. The fourth-order valence-electron chi connectivity index (χ4n) is 7.75. The highest BCUT2D eigenvalue weighted by Gasteiger charge is 2.50. The van der Waals surface area contributed by atoms with Crippen molar-refractivity contribution in [1.29, 1.82) is 0 Å². The van der Waals surface area contributed by atoms with Crippen molar-refractivity contribution >= 4 is 44.3 Å². The molecule has 0 N–H and O–H groups in total. The molecule has 0 amide bonds. The second-order valence-corrected chi connectivity index (χ2v) is 12.6. The molecule has 43 heavy (non-hydrogen) atoms. The van der Waals surface area contributed by atoms with Crippen LogP contribution in [-0.4, -0.2) is 9.55 Å². The van der Waals surface area contributed by atoms with Crippen LogP contribution in [0.4, 0.5) is 0 Å². The summed E-state index contributed by atoms with van der Waals surface area (Å²) in [7, 11) is 0. The van der Waals surface area contributed by atoms with E-state index >= 15 is 0 Å². The molecule has 0 saturated heterocycles. The van der Waals surface area contributed by atoms with E-state index in [0.717, 1.165) is 11.2 Å². The van der Waals surface area contributed by atoms with Gasteiger partial charge in [-0.25, -0.2) is 4.98 Å². The molecular formula is C40H24N2S. The number of hydrogen-bond donors (Lipinski definition) is 0. The van der Waals surface area contributed by atoms with Gasteiger partial charge in [0, 0.05) is 32.1 Å². The minimum atomic E-state index is -0.406. The first-order valence-corrected chi connectivity index (χ1v) is 15.5. The van der Waals surface area contributed by atoms with Crippen LogP contribution in [0.3, 0.4) is 0 Å². The van der Waals surface area contributed by atoms with Crippen molar-refractivity contribution in [3.05, 3.63) is 168 Å². The topological polar surface area (TPSA) is 17.8 Å². The number of nitrogens with zero attached hydrogens (tertiary/aromatic N) is 2. The molecule has 8 aromatic rings. The van der Waals surface area contributed by atoms with E-state index in [-0.39, 0.29) is 0 Å². The van der Waals surface area contributed by atoms with Crippen LogP contribution in [0.5, 0.6) is 0 Å². The second kappa shape index (κ2) is 8.47. The summed E-state index contributed by atoms with van der Waals surface area (Å²) in [4.78, 5) is 7.66. The van der Waals surface area contributed by atoms with Crippen LogP contribution < -0.4 is 0 Å². The molecule has 0 unspecified atom stereocenters. The van der Waals surface area contributed by atoms with E-state index < -0.39 is 5.41 Å². The summed E-state index contributed by atoms with van der Waals surface area (Å²) in [6, 6.07) is 51.4. The van der Waals surface area contributed by atoms with Crippen molar-refractivity contribution in [3.63, 3.8) is 0 Å². The molecular weight excluding hydrogens is 541 g/mol. The van der Waals surface area contributed by atoms with E-state index in [9.17, 15) is 0 Å². The first-order valence-electron chi connectivity index (χ1n) is 14.7. The average molecular weight is 565 g/mol. The molecule has 1 spiro atoms. The number of rotatable bonds is 1. The van der Waals surface area contributed by atoms with Gasteiger partial charge in [0.25, 0.3) is 0 Å². The van der Waals surface area contributed by atoms with Crippen molar-refractivity contribution < 1.29 is 0 Å². The fourth-order valence-corrected chi connectivity index (χ4v) is 8.95. The largest absolute Gasteiger partial charge is 0.294 e. The van der Waals surface area contributed by atoms with Crippen LogP contribution in [0, 0.1) is 0 Å². The maximum absolute atomic E-state index is 5.02. The number of hydrogen-bond acceptors (Lipinski definition) is 2. The summed E-state index contributed by atoms with van der Waals surface area (Å²) in [5.74, 6) is 0.939. The van der Waals surface area contributed by atoms with Crippen LogP contribution in [0.25, 0.3) is 49.5 Å². The molecule has 0 bridgehead atoms. The third kappa shape index (κ3) is 2.97. The van der Waals surface area contributed by atoms with Gasteiger partial charge in [-0.2, -0.15) is 0 Å². The molecule has 0 radical (unpaired) electrons. The molecule has 1 aliphatic carbocycles. The maximum atomic E-state index is 5.02. The molecule has 1 aliphatic heterocycles. The predicted molar refractivity (Wildman–Crippen MR) is 178 cm³/mol. The zero-order chi connectivity index (χ0) is 28.1. The van der Waals surface area contributed by atoms with Crippen LogP contribution in [0.15, 0.2) is 156 Å². The van der Waals surface area contributed by atoms with Crippen LogP contribution >= 0.6 is 11.8 Å². The van der Waals surface area contributed by atoms with Gasteiger partial charge in [0.1, 0.15) is 5.82 Å². The summed E-state index contributed by atoms with van der Waals surface area (Å²) in [6.07, 6.45) is 2.00. The van der Waals surface area contributed by atoms with Gasteiger partial charge in [-0.1, -0.05) is 115 Å². The standard InChI is InChI=1S/C40H24N2S/c1-2-12-26-24-41-39(21-25(26)11-1)42-35-18-8-4-14-28(35)30-22-29-27-13-3-5-15-31(27)40(34(29)23-36(30)42)32-16-6-9-19-37(32)43-38-20-10-7-17-33(38)40/h1-24H. The lowest BCUT2D eigenvalue weighted by molar-refractivity contribution is 0.723. The molecule has 200 valence electrons. The van der Waals surface area contributed by atoms with E-state index in [4.69, 9.17) is 4.98 Å². The van der Waals surface area contributed by atoms with Crippen LogP contribution in [-0.2, 0) is 5.41 Å². The van der Waals surface area contributed by atoms with Gasteiger partial charge in [0.05, 0.1) is 16.4 Å². The number of pyridine rings is 1. The van der Waals surface area contributed by atoms with Gasteiger partial charge >= 0.3 is 0 Å². The van der Waals surface area contributed by atoms with Gasteiger partial charge in [-0.3, -0.25) is 4.57 Å². The van der Waals surface area contributed by atoms with Gasteiger partial charge in [0.2, 0.25) is 0 Å². The Morgan fingerprint density at radius 2 is 1.14 bits per heavy atom. The van der Waals surface area contributed by atoms with Crippen molar-refractivity contribution in [2.45, 2.75) is 15.2 Å². The van der Waals surface area contributed by atoms with E-state index in [1.165, 1.54) is 70.4 Å². The lowest BCUT2D eigenvalue weighted by Crippen LogP contribution is -2.31. The second-order valence-electron chi connectivity index (χ2n) is 11.5. The Kier molecular flexibility index (Phi) is 4.62. The van der Waals surface area contributed by atoms with Gasteiger partial charge in [0.15, 0.2) is 0 Å². The lowest BCUT2D eigenvalue weighted by Gasteiger charge is -2.39. The Balaban J connectivity index is 1.39. The van der Waals surface area contributed by atoms with E-state index in [1.54, 1.807) is 0 Å². The number of para-hydroxylation sites is 1. The molecule has 0 fully saturated rings. The summed E-state index contributed by atoms with van der Waals surface area (Å²) in [6.45, 7) is 0. The van der Waals surface area contributed by atoms with Crippen molar-refractivity contribution in [3.8, 4) is 16.9 Å². The number of benzene rings is 6. The van der Waals surface area contributed by atoms with Crippen molar-refractivity contribution in [2.24, 2.45) is 0 Å². The van der Waals surface area contributed by atoms with E-state index in [0.29, 0.717) is 0 Å². The monoisotopic (exact) mass is 564 g/mol. The zero-order valence-electron chi connectivity index (χ0n) is 23.2. The molecule has 3 heteroatoms. The number of fused-ring (bicyclic) bond motifs is 13. The Hall–Kier alpha value is -5.12. The third-order valence-corrected chi connectivity index (χ3v) is 10.6. The highest BCUT2D eigenvalue weighted by atomic mass is 32.2. The predicted octanol–water partition coefficient (Wildman–Crippen LogP) is 10.2. The minimum absolute atomic E-state index is 0.406. The third-order valence-electron chi connectivity index (χ3n) is 9.48. The average Bonchev–Trinajstić information content (AvgIpc) is 3.54. The lowest BCUT2D eigenvalue weighted by atomic mass is 9.67. The highest BCUT2D eigenvalue weighted by Crippen LogP contribution is 2.62. The SMILES string of the molecule is c1ccc2c(c1)Sc1ccccc1C21c2ccccc2-c2cc3c4ccccc4n(-c4cc5ccccc5cn4)c3cc21. The zero-order valence-corrected chi connectivity index (χ0v) is 24.0. The van der Waals surface area contributed by atoms with Gasteiger partial charge < -0.3 is 0 Å². The maximum Gasteiger partial charge on any atom is 0.138 e. The summed E-state index contributed by atoms with van der Waals surface area (Å²) < 4.78 is 2.36. The summed E-state index contributed by atoms with van der Waals surface area (Å²) in [5, 5.41) is 4.84. The van der Waals surface area contributed by atoms with Crippen LogP contribution in [0.2, 0.25) is 0 Å². The normalized spacial score (nSPS) is 14.1. The molecule has 2 aliphatic rings. The van der Waals surface area contributed by atoms with E-state index in [2.05, 4.69) is 144 Å². The molecule has 0 saturated carbocycles. The van der Waals surface area contributed by atoms with Gasteiger partial charge in [-0.05, 0) is 75.2 Å². The Morgan fingerprint density at radius 1 is 0.488 bits per heavy atom. The fraction of sp³-hybridized carbons (Fsp3) is 0.0250. The molecule has 2 aromatic heterocycles. The summed E-state index contributed by atoms with van der Waals surface area (Å²) in [5.41, 5.74) is 9.99. The van der Waals surface area contributed by atoms with Gasteiger partial charge in [-0.15, -0.1) is 0 Å². The highest BCUT2D eigenvalue weighted by molar-refractivity contribution is 7.99. The smallest absolute Gasteiger partial charge is 0.138 e. The van der Waals surface area contributed by atoms with E-state index in [1.807, 2.05) is 18.0 Å². The van der Waals surface area contributed by atoms with Crippen molar-refractivity contribution in [1.82, 2.24) is 9.55 Å².